The maximum absolute atomic E-state index is 13.1. The molecule has 0 radical (unpaired) electrons. The van der Waals surface area contributed by atoms with Gasteiger partial charge in [0.25, 0.3) is 5.56 Å². The largest absolute Gasteiger partial charge is 0.313 e. The number of benzene rings is 1. The normalized spacial score (nSPS) is 11.3. The Balaban J connectivity index is 0.000000331. The first kappa shape index (κ1) is 24.2. The van der Waals surface area contributed by atoms with Crippen molar-refractivity contribution in [3.63, 3.8) is 0 Å². The molecule has 2 N–H and O–H groups in total. The molecule has 2 aromatic rings. The van der Waals surface area contributed by atoms with Crippen molar-refractivity contribution >= 4 is 0 Å². The molecule has 0 amide bonds. The van der Waals surface area contributed by atoms with Crippen LogP contribution in [0.4, 0.5) is 4.39 Å². The minimum absolute atomic E-state index is 0.117. The van der Waals surface area contributed by atoms with Crippen molar-refractivity contribution in [2.45, 2.75) is 40.5 Å². The molecule has 29 heavy (non-hydrogen) atoms. The number of aromatic amines is 1. The summed E-state index contributed by atoms with van der Waals surface area (Å²) in [4.78, 5) is 18.8. The van der Waals surface area contributed by atoms with E-state index >= 15 is 0 Å². The molecular weight excluding hydrogens is 365 g/mol. The van der Waals surface area contributed by atoms with Crippen molar-refractivity contribution in [1.82, 2.24) is 15.3 Å². The van der Waals surface area contributed by atoms with E-state index in [9.17, 15) is 9.18 Å². The van der Waals surface area contributed by atoms with Crippen LogP contribution in [-0.2, 0) is 12.8 Å². The monoisotopic (exact) mass is 397 g/mol. The van der Waals surface area contributed by atoms with Crippen LogP contribution in [0.2, 0.25) is 0 Å². The molecule has 1 aromatic carbocycles. The van der Waals surface area contributed by atoms with Crippen LogP contribution in [0.15, 0.2) is 65.5 Å². The van der Waals surface area contributed by atoms with Crippen LogP contribution < -0.4 is 10.9 Å². The van der Waals surface area contributed by atoms with Gasteiger partial charge in [0.2, 0.25) is 0 Å². The molecule has 4 nitrogen and oxygen atoms in total. The zero-order chi connectivity index (χ0) is 21.6. The highest BCUT2D eigenvalue weighted by atomic mass is 19.1. The lowest BCUT2D eigenvalue weighted by Crippen LogP contribution is -2.17. The van der Waals surface area contributed by atoms with E-state index in [1.165, 1.54) is 17.7 Å². The third-order valence-electron chi connectivity index (χ3n) is 4.19. The fourth-order valence-electron chi connectivity index (χ4n) is 2.71. The minimum atomic E-state index is -0.280. The molecule has 0 unspecified atom stereocenters. The molecule has 156 valence electrons. The number of H-pyrrole nitrogens is 1. The van der Waals surface area contributed by atoms with Crippen LogP contribution in [0.25, 0.3) is 0 Å². The van der Waals surface area contributed by atoms with E-state index in [-0.39, 0.29) is 11.4 Å². The predicted molar refractivity (Wildman–Crippen MR) is 120 cm³/mol. The second-order valence-corrected chi connectivity index (χ2v) is 6.50. The van der Waals surface area contributed by atoms with Gasteiger partial charge in [-0.2, -0.15) is 0 Å². The van der Waals surface area contributed by atoms with Gasteiger partial charge in [-0.25, -0.2) is 9.37 Å². The van der Waals surface area contributed by atoms with Crippen molar-refractivity contribution < 1.29 is 4.39 Å². The van der Waals surface area contributed by atoms with E-state index in [2.05, 4.69) is 34.9 Å². The summed E-state index contributed by atoms with van der Waals surface area (Å²) in [5, 5.41) is 3.25. The maximum Gasteiger partial charge on any atom is 0.254 e. The molecule has 0 atom stereocenters. The van der Waals surface area contributed by atoms with Crippen molar-refractivity contribution in [1.29, 1.82) is 0 Å². The van der Waals surface area contributed by atoms with Gasteiger partial charge in [0, 0.05) is 18.5 Å². The first-order chi connectivity index (χ1) is 13.9. The molecule has 0 fully saturated rings. The summed E-state index contributed by atoms with van der Waals surface area (Å²) in [5.41, 5.74) is 3.40. The fourth-order valence-corrected chi connectivity index (χ4v) is 2.71. The highest BCUT2D eigenvalue weighted by Gasteiger charge is 2.06. The lowest BCUT2D eigenvalue weighted by molar-refractivity contribution is 0.625. The Hall–Kier alpha value is -2.79. The van der Waals surface area contributed by atoms with Crippen molar-refractivity contribution in [2.24, 2.45) is 0 Å². The maximum atomic E-state index is 13.1. The van der Waals surface area contributed by atoms with Gasteiger partial charge in [0.15, 0.2) is 0 Å². The highest BCUT2D eigenvalue weighted by Crippen LogP contribution is 2.08. The molecule has 0 bridgehead atoms. The van der Waals surface area contributed by atoms with Crippen LogP contribution >= 0.6 is 0 Å². The van der Waals surface area contributed by atoms with Gasteiger partial charge < -0.3 is 10.3 Å². The summed E-state index contributed by atoms with van der Waals surface area (Å²) in [6, 6.07) is 6.31. The molecule has 1 aromatic heterocycles. The Kier molecular flexibility index (Phi) is 11.2. The number of hydrogen-bond donors (Lipinski definition) is 2. The number of hydrogen-bond acceptors (Lipinski definition) is 3. The highest BCUT2D eigenvalue weighted by molar-refractivity contribution is 5.24. The van der Waals surface area contributed by atoms with Crippen LogP contribution in [-0.4, -0.2) is 23.1 Å². The van der Waals surface area contributed by atoms with Gasteiger partial charge in [0.1, 0.15) is 11.6 Å². The zero-order valence-corrected chi connectivity index (χ0v) is 17.9. The summed E-state index contributed by atoms with van der Waals surface area (Å²) in [5.74, 6) is 0.297. The lowest BCUT2D eigenvalue weighted by Gasteiger charge is -2.06. The van der Waals surface area contributed by atoms with Crippen LogP contribution in [0.1, 0.15) is 43.4 Å². The van der Waals surface area contributed by atoms with Crippen molar-refractivity contribution in [3.05, 3.63) is 99.5 Å². The number of halogens is 1. The number of likely N-dealkylation sites (N-methyl/N-ethyl adjacent to an activating group) is 1. The number of nitrogens with zero attached hydrogens (tertiary/aromatic N) is 1. The average molecular weight is 398 g/mol. The van der Waals surface area contributed by atoms with Gasteiger partial charge in [-0.1, -0.05) is 56.9 Å². The van der Waals surface area contributed by atoms with E-state index < -0.39 is 0 Å². The van der Waals surface area contributed by atoms with Gasteiger partial charge in [0.05, 0.1) is 5.69 Å². The SMILES string of the molecule is C=C/C=C(\C=C/C)CNCC.CCc1nc(Cc2cccc(F)c2)[nH]c(=O)c1C. The number of nitrogens with one attached hydrogen (secondary N) is 2. The Morgan fingerprint density at radius 2 is 2.10 bits per heavy atom. The Labute approximate surface area is 173 Å². The van der Waals surface area contributed by atoms with Crippen LogP contribution in [0, 0.1) is 12.7 Å². The topological polar surface area (TPSA) is 57.8 Å². The summed E-state index contributed by atoms with van der Waals surface area (Å²) < 4.78 is 13.1. The number of allylic oxidation sites excluding steroid dienone is 3. The van der Waals surface area contributed by atoms with Crippen molar-refractivity contribution in [3.8, 4) is 0 Å². The number of rotatable bonds is 8. The quantitative estimate of drug-likeness (QED) is 0.637. The zero-order valence-electron chi connectivity index (χ0n) is 17.9. The molecule has 0 spiro atoms. The summed E-state index contributed by atoms with van der Waals surface area (Å²) in [6.07, 6.45) is 9.10. The summed E-state index contributed by atoms with van der Waals surface area (Å²) in [7, 11) is 0. The molecule has 0 aliphatic rings. The molecule has 0 aliphatic heterocycles. The molecule has 0 saturated carbocycles. The summed E-state index contributed by atoms with van der Waals surface area (Å²) >= 11 is 0. The first-order valence-electron chi connectivity index (χ1n) is 9.93. The molecular formula is C24H32FN3O. The number of aryl methyl sites for hydroxylation is 1. The van der Waals surface area contributed by atoms with E-state index in [4.69, 9.17) is 0 Å². The molecule has 5 heteroatoms. The minimum Gasteiger partial charge on any atom is -0.313 e. The molecule has 1 heterocycles. The van der Waals surface area contributed by atoms with Gasteiger partial charge >= 0.3 is 0 Å². The van der Waals surface area contributed by atoms with E-state index in [1.54, 1.807) is 13.0 Å². The first-order valence-corrected chi connectivity index (χ1v) is 9.93. The Morgan fingerprint density at radius 1 is 1.34 bits per heavy atom. The predicted octanol–water partition coefficient (Wildman–Crippen LogP) is 4.66. The Bertz CT molecular complexity index is 897. The van der Waals surface area contributed by atoms with Crippen LogP contribution in [0.3, 0.4) is 0 Å². The molecule has 0 aliphatic carbocycles. The molecule has 0 saturated heterocycles. The third kappa shape index (κ3) is 8.83. The smallest absolute Gasteiger partial charge is 0.254 e. The lowest BCUT2D eigenvalue weighted by atomic mass is 10.1. The second kappa shape index (κ2) is 13.4. The van der Waals surface area contributed by atoms with E-state index in [1.807, 2.05) is 38.1 Å². The molecule has 2 rings (SSSR count). The fraction of sp³-hybridized carbons (Fsp3) is 0.333. The number of aromatic nitrogens is 2. The van der Waals surface area contributed by atoms with Crippen LogP contribution in [0.5, 0.6) is 0 Å². The van der Waals surface area contributed by atoms with Crippen molar-refractivity contribution in [2.75, 3.05) is 13.1 Å². The second-order valence-electron chi connectivity index (χ2n) is 6.50. The van der Waals surface area contributed by atoms with E-state index in [0.29, 0.717) is 24.2 Å². The van der Waals surface area contributed by atoms with Gasteiger partial charge in [-0.05, 0) is 50.1 Å². The van der Waals surface area contributed by atoms with Gasteiger partial charge in [-0.3, -0.25) is 4.79 Å². The van der Waals surface area contributed by atoms with E-state index in [0.717, 1.165) is 24.3 Å². The Morgan fingerprint density at radius 3 is 2.69 bits per heavy atom. The standard InChI is InChI=1S/C14H15FN2O.C10H17N/c1-3-12-9(2)14(18)17-13(16-12)8-10-5-4-6-11(15)7-10;1-4-7-10(8-5-2)9-11-6-3/h4-7H,3,8H2,1-2H3,(H,16,17,18);4-5,7-8,11H,1,6,9H2,2-3H3/b;8-5-,10-7+. The average Bonchev–Trinajstić information content (AvgIpc) is 2.69. The summed E-state index contributed by atoms with van der Waals surface area (Å²) in [6.45, 7) is 13.4. The van der Waals surface area contributed by atoms with Gasteiger partial charge in [-0.15, -0.1) is 0 Å². The third-order valence-corrected chi connectivity index (χ3v) is 4.19.